The van der Waals surface area contributed by atoms with Gasteiger partial charge in [-0.05, 0) is 24.3 Å². The van der Waals surface area contributed by atoms with Crippen LogP contribution >= 0.6 is 27.5 Å². The standard InChI is InChI=1S/C12H8BrClFN3O/c13-6-1-2-8(15)10(3-6)18-12(19)7-4-11(14)17-5-9(7)16/h1-5H,16H2,(H,18,19). The van der Waals surface area contributed by atoms with Crippen molar-refractivity contribution in [2.75, 3.05) is 11.1 Å². The molecule has 0 fully saturated rings. The van der Waals surface area contributed by atoms with Crippen molar-refractivity contribution in [3.63, 3.8) is 0 Å². The predicted molar refractivity (Wildman–Crippen MR) is 75.7 cm³/mol. The van der Waals surface area contributed by atoms with Gasteiger partial charge in [-0.15, -0.1) is 0 Å². The van der Waals surface area contributed by atoms with E-state index in [-0.39, 0.29) is 22.1 Å². The van der Waals surface area contributed by atoms with Crippen LogP contribution in [0, 0.1) is 5.82 Å². The zero-order valence-electron chi connectivity index (χ0n) is 9.45. The van der Waals surface area contributed by atoms with Crippen molar-refractivity contribution in [1.82, 2.24) is 4.98 Å². The molecular formula is C12H8BrClFN3O. The Labute approximate surface area is 121 Å². The second kappa shape index (κ2) is 5.54. The topological polar surface area (TPSA) is 68.0 Å². The molecule has 0 spiro atoms. The van der Waals surface area contributed by atoms with Crippen molar-refractivity contribution in [2.45, 2.75) is 0 Å². The van der Waals surface area contributed by atoms with Crippen molar-refractivity contribution in [2.24, 2.45) is 0 Å². The third kappa shape index (κ3) is 3.21. The summed E-state index contributed by atoms with van der Waals surface area (Å²) in [6.07, 6.45) is 1.27. The highest BCUT2D eigenvalue weighted by molar-refractivity contribution is 9.10. The first-order valence-corrected chi connectivity index (χ1v) is 6.32. The van der Waals surface area contributed by atoms with E-state index in [4.69, 9.17) is 17.3 Å². The average Bonchev–Trinajstić information content (AvgIpc) is 2.36. The average molecular weight is 345 g/mol. The molecule has 0 aliphatic rings. The molecule has 0 atom stereocenters. The summed E-state index contributed by atoms with van der Waals surface area (Å²) in [6.45, 7) is 0. The smallest absolute Gasteiger partial charge is 0.258 e. The largest absolute Gasteiger partial charge is 0.397 e. The van der Waals surface area contributed by atoms with Crippen LogP contribution in [0.3, 0.4) is 0 Å². The van der Waals surface area contributed by atoms with Gasteiger partial charge in [-0.3, -0.25) is 4.79 Å². The van der Waals surface area contributed by atoms with E-state index in [0.717, 1.165) is 0 Å². The molecular weight excluding hydrogens is 337 g/mol. The van der Waals surface area contributed by atoms with Crippen molar-refractivity contribution >= 4 is 44.8 Å². The summed E-state index contributed by atoms with van der Waals surface area (Å²) in [4.78, 5) is 15.7. The Morgan fingerprint density at radius 1 is 1.42 bits per heavy atom. The Bertz CT molecular complexity index is 651. The van der Waals surface area contributed by atoms with E-state index in [1.54, 1.807) is 0 Å². The third-order valence-electron chi connectivity index (χ3n) is 2.32. The molecule has 19 heavy (non-hydrogen) atoms. The summed E-state index contributed by atoms with van der Waals surface area (Å²) < 4.78 is 14.2. The summed E-state index contributed by atoms with van der Waals surface area (Å²) in [7, 11) is 0. The molecule has 0 saturated heterocycles. The first-order valence-electron chi connectivity index (χ1n) is 5.15. The van der Waals surface area contributed by atoms with Gasteiger partial charge in [0.25, 0.3) is 5.91 Å². The number of pyridine rings is 1. The molecule has 1 aromatic carbocycles. The minimum absolute atomic E-state index is 0.0479. The van der Waals surface area contributed by atoms with Gasteiger partial charge in [0.05, 0.1) is 23.1 Å². The molecule has 1 aromatic heterocycles. The lowest BCUT2D eigenvalue weighted by Crippen LogP contribution is -2.15. The molecule has 0 aliphatic carbocycles. The number of amides is 1. The van der Waals surface area contributed by atoms with E-state index in [0.29, 0.717) is 4.47 Å². The lowest BCUT2D eigenvalue weighted by molar-refractivity contribution is 0.102. The first-order chi connectivity index (χ1) is 8.97. The quantitative estimate of drug-likeness (QED) is 0.820. The number of nitrogen functional groups attached to an aromatic ring is 1. The van der Waals surface area contributed by atoms with Crippen LogP contribution in [-0.2, 0) is 0 Å². The predicted octanol–water partition coefficient (Wildman–Crippen LogP) is 3.47. The van der Waals surface area contributed by atoms with Gasteiger partial charge in [-0.1, -0.05) is 27.5 Å². The molecule has 98 valence electrons. The van der Waals surface area contributed by atoms with E-state index in [9.17, 15) is 9.18 Å². The summed E-state index contributed by atoms with van der Waals surface area (Å²) >= 11 is 8.89. The SMILES string of the molecule is Nc1cnc(Cl)cc1C(=O)Nc1cc(Br)ccc1F. The van der Waals surface area contributed by atoms with Gasteiger partial charge in [0.15, 0.2) is 0 Å². The third-order valence-corrected chi connectivity index (χ3v) is 3.02. The van der Waals surface area contributed by atoms with Gasteiger partial charge in [0.2, 0.25) is 0 Å². The summed E-state index contributed by atoms with van der Waals surface area (Å²) in [6, 6.07) is 5.54. The van der Waals surface area contributed by atoms with Crippen LogP contribution < -0.4 is 11.1 Å². The normalized spacial score (nSPS) is 10.3. The highest BCUT2D eigenvalue weighted by atomic mass is 79.9. The number of anilines is 2. The molecule has 0 radical (unpaired) electrons. The number of nitrogens with two attached hydrogens (primary N) is 1. The molecule has 3 N–H and O–H groups in total. The van der Waals surface area contributed by atoms with Gasteiger partial charge in [0, 0.05) is 4.47 Å². The fourth-order valence-electron chi connectivity index (χ4n) is 1.42. The summed E-state index contributed by atoms with van der Waals surface area (Å²) in [5.74, 6) is -1.10. The molecule has 7 heteroatoms. The molecule has 4 nitrogen and oxygen atoms in total. The number of carbonyl (C=O) groups excluding carboxylic acids is 1. The van der Waals surface area contributed by atoms with Gasteiger partial charge in [0.1, 0.15) is 11.0 Å². The number of aromatic nitrogens is 1. The van der Waals surface area contributed by atoms with Crippen LogP contribution in [0.5, 0.6) is 0 Å². The zero-order chi connectivity index (χ0) is 14.0. The summed E-state index contributed by atoms with van der Waals surface area (Å²) in [5.41, 5.74) is 5.98. The molecule has 0 bridgehead atoms. The number of rotatable bonds is 2. The number of benzene rings is 1. The monoisotopic (exact) mass is 343 g/mol. The van der Waals surface area contributed by atoms with Crippen LogP contribution in [0.4, 0.5) is 15.8 Å². The molecule has 2 aromatic rings. The van der Waals surface area contributed by atoms with Gasteiger partial charge >= 0.3 is 0 Å². The Balaban J connectivity index is 2.30. The van der Waals surface area contributed by atoms with Crippen LogP contribution in [0.15, 0.2) is 34.9 Å². The maximum Gasteiger partial charge on any atom is 0.258 e. The lowest BCUT2D eigenvalue weighted by Gasteiger charge is -2.08. The van der Waals surface area contributed by atoms with Crippen LogP contribution in [0.25, 0.3) is 0 Å². The zero-order valence-corrected chi connectivity index (χ0v) is 11.8. The number of hydrogen-bond acceptors (Lipinski definition) is 3. The fourth-order valence-corrected chi connectivity index (χ4v) is 1.94. The van der Waals surface area contributed by atoms with Crippen molar-refractivity contribution in [3.05, 3.63) is 51.5 Å². The highest BCUT2D eigenvalue weighted by Gasteiger charge is 2.13. The number of carbonyl (C=O) groups is 1. The van der Waals surface area contributed by atoms with Crippen LogP contribution in [0.1, 0.15) is 10.4 Å². The molecule has 1 amide bonds. The molecule has 0 unspecified atom stereocenters. The van der Waals surface area contributed by atoms with Crippen molar-refractivity contribution in [1.29, 1.82) is 0 Å². The minimum atomic E-state index is -0.557. The minimum Gasteiger partial charge on any atom is -0.397 e. The van der Waals surface area contributed by atoms with E-state index in [1.807, 2.05) is 0 Å². The Morgan fingerprint density at radius 3 is 2.89 bits per heavy atom. The summed E-state index contributed by atoms with van der Waals surface area (Å²) in [5, 5.41) is 2.56. The number of nitrogens with zero attached hydrogens (tertiary/aromatic N) is 1. The van der Waals surface area contributed by atoms with E-state index < -0.39 is 11.7 Å². The Morgan fingerprint density at radius 2 is 2.16 bits per heavy atom. The van der Waals surface area contributed by atoms with Crippen molar-refractivity contribution in [3.8, 4) is 0 Å². The van der Waals surface area contributed by atoms with Gasteiger partial charge in [-0.2, -0.15) is 0 Å². The highest BCUT2D eigenvalue weighted by Crippen LogP contribution is 2.22. The second-order valence-corrected chi connectivity index (χ2v) is 4.98. The molecule has 0 aliphatic heterocycles. The fraction of sp³-hybridized carbons (Fsp3) is 0. The molecule has 1 heterocycles. The second-order valence-electron chi connectivity index (χ2n) is 3.67. The number of halogens is 3. The van der Waals surface area contributed by atoms with E-state index in [1.165, 1.54) is 30.5 Å². The van der Waals surface area contributed by atoms with Gasteiger partial charge in [-0.25, -0.2) is 9.37 Å². The van der Waals surface area contributed by atoms with Crippen molar-refractivity contribution < 1.29 is 9.18 Å². The number of nitrogens with one attached hydrogen (secondary N) is 1. The van der Waals surface area contributed by atoms with Gasteiger partial charge < -0.3 is 11.1 Å². The molecule has 2 rings (SSSR count). The van der Waals surface area contributed by atoms with Crippen LogP contribution in [0.2, 0.25) is 5.15 Å². The first kappa shape index (κ1) is 13.8. The van der Waals surface area contributed by atoms with E-state index in [2.05, 4.69) is 26.2 Å². The Kier molecular flexibility index (Phi) is 4.01. The van der Waals surface area contributed by atoms with E-state index >= 15 is 0 Å². The maximum absolute atomic E-state index is 13.5. The van der Waals surface area contributed by atoms with Crippen LogP contribution in [-0.4, -0.2) is 10.9 Å². The molecule has 0 saturated carbocycles. The Hall–Kier alpha value is -1.66. The lowest BCUT2D eigenvalue weighted by atomic mass is 10.2. The number of hydrogen-bond donors (Lipinski definition) is 2. The maximum atomic E-state index is 13.5.